The van der Waals surface area contributed by atoms with Gasteiger partial charge in [-0.2, -0.15) is 0 Å². The SMILES string of the molecule is O=[N+]([O-])c1cc(Cl)cnc1N1CCC(O)(c2cccc(OC(F)(F)F)c2)CC1. The fourth-order valence-electron chi connectivity index (χ4n) is 3.16. The van der Waals surface area contributed by atoms with Crippen molar-refractivity contribution < 1.29 is 27.9 Å². The Bertz CT molecular complexity index is 886. The maximum Gasteiger partial charge on any atom is 0.573 e. The minimum Gasteiger partial charge on any atom is -0.406 e. The van der Waals surface area contributed by atoms with E-state index in [0.717, 1.165) is 12.1 Å². The van der Waals surface area contributed by atoms with Gasteiger partial charge in [0.05, 0.1) is 15.5 Å². The van der Waals surface area contributed by atoms with Crippen molar-refractivity contribution in [2.24, 2.45) is 0 Å². The average molecular weight is 418 g/mol. The van der Waals surface area contributed by atoms with Crippen LogP contribution in [0.1, 0.15) is 18.4 Å². The topological polar surface area (TPSA) is 88.7 Å². The van der Waals surface area contributed by atoms with Crippen LogP contribution in [0.4, 0.5) is 24.7 Å². The van der Waals surface area contributed by atoms with Gasteiger partial charge >= 0.3 is 12.0 Å². The molecule has 0 unspecified atom stereocenters. The number of benzene rings is 1. The number of aliphatic hydroxyl groups is 1. The summed E-state index contributed by atoms with van der Waals surface area (Å²) in [6, 6.07) is 6.37. The van der Waals surface area contributed by atoms with Gasteiger partial charge in [0, 0.05) is 25.4 Å². The van der Waals surface area contributed by atoms with Crippen LogP contribution in [0.25, 0.3) is 0 Å². The number of rotatable bonds is 4. The van der Waals surface area contributed by atoms with E-state index < -0.39 is 22.6 Å². The number of nitro groups is 1. The van der Waals surface area contributed by atoms with Gasteiger partial charge in [-0.25, -0.2) is 4.98 Å². The van der Waals surface area contributed by atoms with Crippen molar-refractivity contribution in [3.8, 4) is 5.75 Å². The van der Waals surface area contributed by atoms with E-state index in [-0.39, 0.29) is 48.0 Å². The molecular formula is C17H15ClF3N3O4. The van der Waals surface area contributed by atoms with E-state index >= 15 is 0 Å². The van der Waals surface area contributed by atoms with E-state index in [9.17, 15) is 28.4 Å². The molecule has 0 radical (unpaired) electrons. The molecule has 0 aliphatic carbocycles. The van der Waals surface area contributed by atoms with E-state index in [0.29, 0.717) is 0 Å². The zero-order valence-electron chi connectivity index (χ0n) is 14.3. The molecule has 1 aromatic heterocycles. The summed E-state index contributed by atoms with van der Waals surface area (Å²) >= 11 is 5.77. The highest BCUT2D eigenvalue weighted by Gasteiger charge is 2.37. The maximum absolute atomic E-state index is 12.4. The van der Waals surface area contributed by atoms with Crippen molar-refractivity contribution in [3.63, 3.8) is 0 Å². The highest BCUT2D eigenvalue weighted by molar-refractivity contribution is 6.30. The standard InChI is InChI=1S/C17H15ClF3N3O4/c18-12-9-14(24(26)27)15(22-10-12)23-6-4-16(25,5-7-23)11-2-1-3-13(8-11)28-17(19,20)21/h1-3,8-10,25H,4-7H2. The summed E-state index contributed by atoms with van der Waals surface area (Å²) in [4.78, 5) is 16.3. The van der Waals surface area contributed by atoms with Gasteiger partial charge in [-0.1, -0.05) is 23.7 Å². The molecule has 1 saturated heterocycles. The van der Waals surface area contributed by atoms with Crippen LogP contribution in [0.15, 0.2) is 36.5 Å². The van der Waals surface area contributed by atoms with Gasteiger partial charge in [-0.15, -0.1) is 13.2 Å². The molecule has 1 aromatic carbocycles. The third-order valence-electron chi connectivity index (χ3n) is 4.51. The number of piperidine rings is 1. The summed E-state index contributed by atoms with van der Waals surface area (Å²) in [5, 5.41) is 22.3. The van der Waals surface area contributed by atoms with Gasteiger partial charge in [-0.05, 0) is 30.5 Å². The molecule has 1 aliphatic rings. The molecule has 150 valence electrons. The van der Waals surface area contributed by atoms with Crippen LogP contribution in [-0.4, -0.2) is 34.5 Å². The zero-order chi connectivity index (χ0) is 20.5. The van der Waals surface area contributed by atoms with Crippen molar-refractivity contribution in [1.82, 2.24) is 4.98 Å². The Labute approximate surface area is 162 Å². The molecule has 0 saturated carbocycles. The Kier molecular flexibility index (Phi) is 5.35. The van der Waals surface area contributed by atoms with E-state index in [2.05, 4.69) is 9.72 Å². The first-order valence-corrected chi connectivity index (χ1v) is 8.59. The smallest absolute Gasteiger partial charge is 0.406 e. The monoisotopic (exact) mass is 417 g/mol. The second-order valence-corrected chi connectivity index (χ2v) is 6.78. The Morgan fingerprint density at radius 1 is 1.29 bits per heavy atom. The van der Waals surface area contributed by atoms with Crippen molar-refractivity contribution in [2.75, 3.05) is 18.0 Å². The largest absolute Gasteiger partial charge is 0.573 e. The predicted molar refractivity (Wildman–Crippen MR) is 94.4 cm³/mol. The number of hydrogen-bond donors (Lipinski definition) is 1. The number of ether oxygens (including phenoxy) is 1. The molecule has 2 aromatic rings. The van der Waals surface area contributed by atoms with Crippen LogP contribution < -0.4 is 9.64 Å². The molecule has 28 heavy (non-hydrogen) atoms. The zero-order valence-corrected chi connectivity index (χ0v) is 15.1. The number of hydrogen-bond acceptors (Lipinski definition) is 6. The van der Waals surface area contributed by atoms with E-state index in [1.54, 1.807) is 4.90 Å². The Morgan fingerprint density at radius 2 is 1.96 bits per heavy atom. The molecule has 1 N–H and O–H groups in total. The fourth-order valence-corrected chi connectivity index (χ4v) is 3.31. The van der Waals surface area contributed by atoms with Gasteiger partial charge in [0.15, 0.2) is 0 Å². The van der Waals surface area contributed by atoms with E-state index in [1.807, 2.05) is 0 Å². The van der Waals surface area contributed by atoms with Crippen LogP contribution in [-0.2, 0) is 5.60 Å². The minimum atomic E-state index is -4.83. The van der Waals surface area contributed by atoms with Gasteiger partial charge in [0.1, 0.15) is 5.75 Å². The first-order valence-electron chi connectivity index (χ1n) is 8.21. The van der Waals surface area contributed by atoms with Gasteiger partial charge < -0.3 is 14.7 Å². The summed E-state index contributed by atoms with van der Waals surface area (Å²) in [5.74, 6) is -0.290. The van der Waals surface area contributed by atoms with Crippen LogP contribution in [0.2, 0.25) is 5.02 Å². The van der Waals surface area contributed by atoms with E-state index in [1.165, 1.54) is 24.4 Å². The summed E-state index contributed by atoms with van der Waals surface area (Å²) in [6.07, 6.45) is -3.25. The molecule has 0 bridgehead atoms. The van der Waals surface area contributed by atoms with Gasteiger partial charge in [-0.3, -0.25) is 10.1 Å². The third kappa shape index (κ3) is 4.45. The molecule has 0 atom stereocenters. The number of aromatic nitrogens is 1. The van der Waals surface area contributed by atoms with E-state index in [4.69, 9.17) is 11.6 Å². The Balaban J connectivity index is 1.78. The van der Waals surface area contributed by atoms with Crippen LogP contribution in [0, 0.1) is 10.1 Å². The number of anilines is 1. The highest BCUT2D eigenvalue weighted by Crippen LogP contribution is 2.38. The molecule has 0 spiro atoms. The lowest BCUT2D eigenvalue weighted by Crippen LogP contribution is -2.43. The number of alkyl halides is 3. The molecule has 0 amide bonds. The molecule has 1 aliphatic heterocycles. The first kappa shape index (κ1) is 20.2. The Morgan fingerprint density at radius 3 is 2.57 bits per heavy atom. The Hall–Kier alpha value is -2.59. The lowest BCUT2D eigenvalue weighted by atomic mass is 9.84. The quantitative estimate of drug-likeness (QED) is 0.597. The average Bonchev–Trinajstić information content (AvgIpc) is 2.61. The third-order valence-corrected chi connectivity index (χ3v) is 4.71. The van der Waals surface area contributed by atoms with Gasteiger partial charge in [0.25, 0.3) is 0 Å². The second kappa shape index (κ2) is 7.44. The van der Waals surface area contributed by atoms with Gasteiger partial charge in [0.2, 0.25) is 5.82 Å². The summed E-state index contributed by atoms with van der Waals surface area (Å²) in [7, 11) is 0. The number of halogens is 4. The summed E-state index contributed by atoms with van der Waals surface area (Å²) in [6.45, 7) is 0.437. The second-order valence-electron chi connectivity index (χ2n) is 6.35. The van der Waals surface area contributed by atoms with Crippen molar-refractivity contribution in [2.45, 2.75) is 24.8 Å². The number of nitrogens with zero attached hydrogens (tertiary/aromatic N) is 3. The van der Waals surface area contributed by atoms with Crippen molar-refractivity contribution >= 4 is 23.1 Å². The summed E-state index contributed by atoms with van der Waals surface area (Å²) in [5.41, 5.74) is -1.35. The predicted octanol–water partition coefficient (Wildman–Crippen LogP) is 4.03. The molecule has 7 nitrogen and oxygen atoms in total. The fraction of sp³-hybridized carbons (Fsp3) is 0.353. The minimum absolute atomic E-state index is 0.130. The van der Waals surface area contributed by atoms with Crippen molar-refractivity contribution in [1.29, 1.82) is 0 Å². The first-order chi connectivity index (χ1) is 13.1. The summed E-state index contributed by atoms with van der Waals surface area (Å²) < 4.78 is 41.2. The molecule has 11 heteroatoms. The lowest BCUT2D eigenvalue weighted by molar-refractivity contribution is -0.384. The maximum atomic E-state index is 12.4. The highest BCUT2D eigenvalue weighted by atomic mass is 35.5. The van der Waals surface area contributed by atoms with Crippen molar-refractivity contribution in [3.05, 3.63) is 57.2 Å². The molecule has 1 fully saturated rings. The lowest BCUT2D eigenvalue weighted by Gasteiger charge is -2.39. The normalized spacial score (nSPS) is 16.7. The van der Waals surface area contributed by atoms with Crippen LogP contribution in [0.5, 0.6) is 5.75 Å². The number of pyridine rings is 1. The molecule has 3 rings (SSSR count). The molecule has 2 heterocycles. The van der Waals surface area contributed by atoms with Crippen LogP contribution >= 0.6 is 11.6 Å². The molecular weight excluding hydrogens is 403 g/mol. The van der Waals surface area contributed by atoms with Crippen LogP contribution in [0.3, 0.4) is 0 Å².